The number of rotatable bonds is 4. The number of benzene rings is 1. The fourth-order valence-electron chi connectivity index (χ4n) is 2.96. The second-order valence-electron chi connectivity index (χ2n) is 6.37. The Balaban J connectivity index is 1.42. The number of fused-ring (bicyclic) bond motifs is 2. The van der Waals surface area contributed by atoms with Crippen LogP contribution in [0.3, 0.4) is 0 Å². The van der Waals surface area contributed by atoms with Crippen molar-refractivity contribution in [1.29, 1.82) is 0 Å². The molecule has 0 radical (unpaired) electrons. The van der Waals surface area contributed by atoms with Crippen LogP contribution in [0.15, 0.2) is 23.0 Å². The van der Waals surface area contributed by atoms with Crippen LogP contribution in [0.4, 0.5) is 5.69 Å². The van der Waals surface area contributed by atoms with Crippen LogP contribution in [-0.2, 0) is 9.53 Å². The Kier molecular flexibility index (Phi) is 4.93. The van der Waals surface area contributed by atoms with Gasteiger partial charge in [0, 0.05) is 11.8 Å². The number of esters is 1. The summed E-state index contributed by atoms with van der Waals surface area (Å²) in [5.41, 5.74) is 0.673. The average Bonchev–Trinajstić information content (AvgIpc) is 3.02. The van der Waals surface area contributed by atoms with Crippen molar-refractivity contribution in [3.63, 3.8) is 0 Å². The van der Waals surface area contributed by atoms with Gasteiger partial charge in [0.05, 0.1) is 5.39 Å². The third-order valence-corrected chi connectivity index (χ3v) is 5.43. The van der Waals surface area contributed by atoms with E-state index in [1.54, 1.807) is 32.0 Å². The summed E-state index contributed by atoms with van der Waals surface area (Å²) in [5.74, 6) is 0.433. The molecule has 0 spiro atoms. The number of hydrogen-bond donors (Lipinski definition) is 2. The molecule has 2 N–H and O–H groups in total. The zero-order chi connectivity index (χ0) is 20.5. The Morgan fingerprint density at radius 3 is 2.79 bits per heavy atom. The average molecular weight is 415 g/mol. The molecular weight excluding hydrogens is 398 g/mol. The first kappa shape index (κ1) is 18.9. The second-order valence-corrected chi connectivity index (χ2v) is 7.37. The van der Waals surface area contributed by atoms with Gasteiger partial charge in [-0.05, 0) is 31.5 Å². The molecule has 1 aliphatic rings. The zero-order valence-electron chi connectivity index (χ0n) is 15.7. The van der Waals surface area contributed by atoms with E-state index in [2.05, 4.69) is 15.3 Å². The molecule has 0 saturated carbocycles. The highest BCUT2D eigenvalue weighted by molar-refractivity contribution is 7.20. The van der Waals surface area contributed by atoms with Crippen molar-refractivity contribution < 1.29 is 23.8 Å². The molecule has 1 aromatic carbocycles. The third kappa shape index (κ3) is 3.79. The Hall–Kier alpha value is -3.40. The van der Waals surface area contributed by atoms with Crippen molar-refractivity contribution in [1.82, 2.24) is 9.97 Å². The maximum Gasteiger partial charge on any atom is 0.349 e. The summed E-state index contributed by atoms with van der Waals surface area (Å²) < 4.78 is 16.0. The van der Waals surface area contributed by atoms with Crippen molar-refractivity contribution in [3.8, 4) is 11.5 Å². The van der Waals surface area contributed by atoms with Gasteiger partial charge in [0.2, 0.25) is 0 Å². The molecule has 0 bridgehead atoms. The predicted molar refractivity (Wildman–Crippen MR) is 106 cm³/mol. The molecule has 0 fully saturated rings. The number of thiophene rings is 1. The quantitative estimate of drug-likeness (QED) is 0.627. The Morgan fingerprint density at radius 2 is 2.00 bits per heavy atom. The maximum absolute atomic E-state index is 12.4. The molecule has 1 aliphatic heterocycles. The van der Waals surface area contributed by atoms with Gasteiger partial charge in [-0.15, -0.1) is 11.3 Å². The fraction of sp³-hybridized carbons (Fsp3) is 0.263. The number of aryl methyl sites for hydroxylation is 2. The topological polar surface area (TPSA) is 120 Å². The van der Waals surface area contributed by atoms with Crippen molar-refractivity contribution in [2.24, 2.45) is 0 Å². The van der Waals surface area contributed by atoms with Gasteiger partial charge in [-0.2, -0.15) is 0 Å². The lowest BCUT2D eigenvalue weighted by atomic mass is 10.2. The SMILES string of the molecule is Cc1nc2sc(C(=O)OCC(=O)Nc3ccc4c(c3)OCCO4)c(C)c2c(=O)[nH]1. The molecular formula is C19H17N3O6S. The number of nitrogens with one attached hydrogen (secondary N) is 2. The van der Waals surface area contributed by atoms with Crippen molar-refractivity contribution >= 4 is 39.1 Å². The summed E-state index contributed by atoms with van der Waals surface area (Å²) >= 11 is 1.06. The molecule has 2 aromatic heterocycles. The summed E-state index contributed by atoms with van der Waals surface area (Å²) in [6.45, 7) is 3.76. The molecule has 9 nitrogen and oxygen atoms in total. The van der Waals surface area contributed by atoms with Gasteiger partial charge in [-0.25, -0.2) is 9.78 Å². The number of H-pyrrole nitrogens is 1. The van der Waals surface area contributed by atoms with Crippen molar-refractivity contribution in [2.75, 3.05) is 25.1 Å². The number of ether oxygens (including phenoxy) is 3. The first-order chi connectivity index (χ1) is 13.9. The molecule has 3 heterocycles. The van der Waals surface area contributed by atoms with Gasteiger partial charge in [0.1, 0.15) is 28.7 Å². The minimum absolute atomic E-state index is 0.246. The molecule has 3 aromatic rings. The van der Waals surface area contributed by atoms with Crippen LogP contribution in [0.2, 0.25) is 0 Å². The summed E-state index contributed by atoms with van der Waals surface area (Å²) in [7, 11) is 0. The van der Waals surface area contributed by atoms with Crippen LogP contribution in [0.25, 0.3) is 10.2 Å². The van der Waals surface area contributed by atoms with E-state index in [1.165, 1.54) is 0 Å². The zero-order valence-corrected chi connectivity index (χ0v) is 16.5. The van der Waals surface area contributed by atoms with Crippen LogP contribution in [-0.4, -0.2) is 41.7 Å². The van der Waals surface area contributed by atoms with E-state index >= 15 is 0 Å². The molecule has 4 rings (SSSR count). The van der Waals surface area contributed by atoms with Crippen LogP contribution in [0.1, 0.15) is 21.1 Å². The minimum atomic E-state index is -0.681. The van der Waals surface area contributed by atoms with Crippen LogP contribution in [0, 0.1) is 13.8 Å². The standard InChI is InChI=1S/C19H17N3O6S/c1-9-15-17(24)20-10(2)21-18(15)29-16(9)19(25)28-8-14(23)22-11-3-4-12-13(7-11)27-6-5-26-12/h3-4,7H,5-6,8H2,1-2H3,(H,22,23)(H,20,21,24). The van der Waals surface area contributed by atoms with Gasteiger partial charge >= 0.3 is 5.97 Å². The van der Waals surface area contributed by atoms with Gasteiger partial charge in [-0.1, -0.05) is 0 Å². The lowest BCUT2D eigenvalue weighted by Gasteiger charge is -2.19. The van der Waals surface area contributed by atoms with Crippen molar-refractivity contribution in [3.05, 3.63) is 44.8 Å². The molecule has 29 heavy (non-hydrogen) atoms. The molecule has 0 aliphatic carbocycles. The first-order valence-electron chi connectivity index (χ1n) is 8.79. The van der Waals surface area contributed by atoms with Crippen molar-refractivity contribution in [2.45, 2.75) is 13.8 Å². The maximum atomic E-state index is 12.4. The molecule has 10 heteroatoms. The summed E-state index contributed by atoms with van der Waals surface area (Å²) in [6.07, 6.45) is 0. The Morgan fingerprint density at radius 1 is 1.24 bits per heavy atom. The highest BCUT2D eigenvalue weighted by Crippen LogP contribution is 2.32. The number of aromatic amines is 1. The van der Waals surface area contributed by atoms with Gasteiger partial charge in [-0.3, -0.25) is 9.59 Å². The van der Waals surface area contributed by atoms with Gasteiger partial charge in [0.15, 0.2) is 18.1 Å². The summed E-state index contributed by atoms with van der Waals surface area (Å²) in [6, 6.07) is 5.01. The highest BCUT2D eigenvalue weighted by Gasteiger charge is 2.21. The fourth-order valence-corrected chi connectivity index (χ4v) is 4.08. The van der Waals surface area contributed by atoms with E-state index in [1.807, 2.05) is 0 Å². The number of hydrogen-bond acceptors (Lipinski definition) is 8. The van der Waals surface area contributed by atoms with E-state index < -0.39 is 18.5 Å². The normalized spacial score (nSPS) is 12.6. The third-order valence-electron chi connectivity index (χ3n) is 4.26. The molecule has 0 saturated heterocycles. The van der Waals surface area contributed by atoms with E-state index in [4.69, 9.17) is 14.2 Å². The molecule has 150 valence electrons. The summed E-state index contributed by atoms with van der Waals surface area (Å²) in [5, 5.41) is 3.00. The highest BCUT2D eigenvalue weighted by atomic mass is 32.1. The van der Waals surface area contributed by atoms with E-state index in [0.29, 0.717) is 52.0 Å². The number of nitrogens with zero attached hydrogens (tertiary/aromatic N) is 1. The van der Waals surface area contributed by atoms with Gasteiger partial charge in [0.25, 0.3) is 11.5 Å². The second kappa shape index (κ2) is 7.55. The monoisotopic (exact) mass is 415 g/mol. The predicted octanol–water partition coefficient (Wildman–Crippen LogP) is 2.17. The van der Waals surface area contributed by atoms with Gasteiger partial charge < -0.3 is 24.5 Å². The number of carbonyl (C=O) groups excluding carboxylic acids is 2. The Bertz CT molecular complexity index is 1180. The number of anilines is 1. The van der Waals surface area contributed by atoms with E-state index in [9.17, 15) is 14.4 Å². The lowest BCUT2D eigenvalue weighted by molar-refractivity contribution is -0.119. The van der Waals surface area contributed by atoms with E-state index in [0.717, 1.165) is 11.3 Å². The molecule has 0 atom stereocenters. The van der Waals surface area contributed by atoms with Crippen LogP contribution >= 0.6 is 11.3 Å². The van der Waals surface area contributed by atoms with E-state index in [-0.39, 0.29) is 10.4 Å². The molecule has 0 unspecified atom stereocenters. The largest absolute Gasteiger partial charge is 0.486 e. The number of aromatic nitrogens is 2. The number of carbonyl (C=O) groups is 2. The molecule has 1 amide bonds. The first-order valence-corrected chi connectivity index (χ1v) is 9.60. The smallest absolute Gasteiger partial charge is 0.349 e. The Labute approximate surface area is 168 Å². The number of amides is 1. The van der Waals surface area contributed by atoms with Crippen LogP contribution in [0.5, 0.6) is 11.5 Å². The lowest BCUT2D eigenvalue weighted by Crippen LogP contribution is -2.21. The minimum Gasteiger partial charge on any atom is -0.486 e. The summed E-state index contributed by atoms with van der Waals surface area (Å²) in [4.78, 5) is 44.2. The van der Waals surface area contributed by atoms with Crippen LogP contribution < -0.4 is 20.3 Å².